The normalized spacial score (nSPS) is 17.3. The van der Waals surface area contributed by atoms with Crippen molar-refractivity contribution in [2.24, 2.45) is 5.92 Å². The first-order chi connectivity index (χ1) is 16.5. The maximum atomic E-state index is 13.2. The molecule has 0 radical (unpaired) electrons. The molecule has 1 aliphatic carbocycles. The summed E-state index contributed by atoms with van der Waals surface area (Å²) in [6, 6.07) is 15.6. The summed E-state index contributed by atoms with van der Waals surface area (Å²) in [7, 11) is -3.53. The summed E-state index contributed by atoms with van der Waals surface area (Å²) in [5.41, 5.74) is 4.35. The van der Waals surface area contributed by atoms with Gasteiger partial charge in [-0.25, -0.2) is 13.4 Å². The van der Waals surface area contributed by atoms with Gasteiger partial charge < -0.3 is 5.32 Å². The highest BCUT2D eigenvalue weighted by molar-refractivity contribution is 7.89. The Morgan fingerprint density at radius 3 is 2.53 bits per heavy atom. The number of benzene rings is 2. The molecule has 1 N–H and O–H groups in total. The van der Waals surface area contributed by atoms with Crippen LogP contribution in [0.1, 0.15) is 42.5 Å². The van der Waals surface area contributed by atoms with Crippen LogP contribution in [-0.4, -0.2) is 36.7 Å². The van der Waals surface area contributed by atoms with Crippen LogP contribution in [0.3, 0.4) is 0 Å². The number of nitrogens with one attached hydrogen (secondary N) is 1. The van der Waals surface area contributed by atoms with Gasteiger partial charge in [0.25, 0.3) is 0 Å². The number of fused-ring (bicyclic) bond motifs is 1. The number of hydrogen-bond donors (Lipinski definition) is 1. The van der Waals surface area contributed by atoms with E-state index in [0.717, 1.165) is 35.5 Å². The van der Waals surface area contributed by atoms with Crippen molar-refractivity contribution in [2.75, 3.05) is 13.1 Å². The highest BCUT2D eigenvalue weighted by atomic mass is 32.2. The van der Waals surface area contributed by atoms with Gasteiger partial charge in [-0.05, 0) is 61.8 Å². The van der Waals surface area contributed by atoms with Gasteiger partial charge in [0.2, 0.25) is 15.9 Å². The molecule has 6 nitrogen and oxygen atoms in total. The van der Waals surface area contributed by atoms with E-state index in [1.165, 1.54) is 21.9 Å². The second kappa shape index (κ2) is 9.98. The van der Waals surface area contributed by atoms with Gasteiger partial charge >= 0.3 is 0 Å². The van der Waals surface area contributed by atoms with Crippen LogP contribution in [0.15, 0.2) is 58.8 Å². The van der Waals surface area contributed by atoms with Crippen LogP contribution in [0.2, 0.25) is 0 Å². The van der Waals surface area contributed by atoms with Crippen molar-refractivity contribution in [1.82, 2.24) is 14.6 Å². The number of piperidine rings is 1. The quantitative estimate of drug-likeness (QED) is 0.550. The zero-order valence-electron chi connectivity index (χ0n) is 19.1. The van der Waals surface area contributed by atoms with Crippen molar-refractivity contribution >= 4 is 27.3 Å². The molecular formula is C26H29N3O3S2. The molecule has 1 saturated heterocycles. The molecule has 3 aromatic rings. The molecule has 178 valence electrons. The molecule has 1 aliphatic heterocycles. The van der Waals surface area contributed by atoms with E-state index in [2.05, 4.69) is 10.3 Å². The third kappa shape index (κ3) is 4.94. The summed E-state index contributed by atoms with van der Waals surface area (Å²) in [5, 5.41) is 5.89. The number of aromatic nitrogens is 1. The fourth-order valence-electron chi connectivity index (χ4n) is 4.80. The van der Waals surface area contributed by atoms with Gasteiger partial charge in [0.15, 0.2) is 0 Å². The molecule has 0 saturated carbocycles. The molecular weight excluding hydrogens is 466 g/mol. The Balaban J connectivity index is 1.15. The third-order valence-electron chi connectivity index (χ3n) is 6.80. The third-order valence-corrected chi connectivity index (χ3v) is 9.63. The molecule has 5 rings (SSSR count). The number of rotatable bonds is 6. The maximum absolute atomic E-state index is 13.2. The average Bonchev–Trinajstić information content (AvgIpc) is 3.37. The van der Waals surface area contributed by atoms with E-state index in [1.54, 1.807) is 17.4 Å². The van der Waals surface area contributed by atoms with Gasteiger partial charge in [-0.1, -0.05) is 36.4 Å². The van der Waals surface area contributed by atoms with Crippen molar-refractivity contribution < 1.29 is 13.2 Å². The van der Waals surface area contributed by atoms with E-state index in [0.29, 0.717) is 37.4 Å². The van der Waals surface area contributed by atoms with E-state index >= 15 is 0 Å². The second-order valence-corrected chi connectivity index (χ2v) is 11.8. The number of amides is 1. The first-order valence-corrected chi connectivity index (χ1v) is 14.2. The lowest BCUT2D eigenvalue weighted by molar-refractivity contribution is -0.126. The first-order valence-electron chi connectivity index (χ1n) is 11.9. The topological polar surface area (TPSA) is 79.4 Å². The molecule has 8 heteroatoms. The van der Waals surface area contributed by atoms with Crippen LogP contribution >= 0.6 is 11.3 Å². The lowest BCUT2D eigenvalue weighted by atomic mass is 9.92. The van der Waals surface area contributed by atoms with Crippen molar-refractivity contribution in [3.63, 3.8) is 0 Å². The highest BCUT2D eigenvalue weighted by Gasteiger charge is 2.32. The molecule has 1 fully saturated rings. The molecule has 0 unspecified atom stereocenters. The zero-order chi connectivity index (χ0) is 23.5. The Morgan fingerprint density at radius 1 is 1.03 bits per heavy atom. The number of sulfonamides is 1. The molecule has 2 heterocycles. The van der Waals surface area contributed by atoms with Crippen LogP contribution in [0, 0.1) is 5.92 Å². The number of nitrogens with zero attached hydrogens (tertiary/aromatic N) is 2. The van der Waals surface area contributed by atoms with Crippen LogP contribution < -0.4 is 5.32 Å². The van der Waals surface area contributed by atoms with Gasteiger partial charge in [0.05, 0.1) is 17.1 Å². The summed E-state index contributed by atoms with van der Waals surface area (Å²) in [6.45, 7) is 1.12. The Kier molecular flexibility index (Phi) is 6.81. The Bertz CT molecular complexity index is 1260. The lowest BCUT2D eigenvalue weighted by Gasteiger charge is -2.31. The Hall–Kier alpha value is -2.55. The summed E-state index contributed by atoms with van der Waals surface area (Å²) >= 11 is 1.56. The fraction of sp³-hybridized carbons (Fsp3) is 0.385. The zero-order valence-corrected chi connectivity index (χ0v) is 20.7. The van der Waals surface area contributed by atoms with Crippen LogP contribution in [0.5, 0.6) is 0 Å². The van der Waals surface area contributed by atoms with Crippen molar-refractivity contribution in [3.8, 4) is 10.6 Å². The van der Waals surface area contributed by atoms with Gasteiger partial charge in [0.1, 0.15) is 5.01 Å². The predicted octanol–water partition coefficient (Wildman–Crippen LogP) is 4.41. The van der Waals surface area contributed by atoms with Gasteiger partial charge in [0, 0.05) is 30.0 Å². The first kappa shape index (κ1) is 23.2. The minimum atomic E-state index is -3.53. The van der Waals surface area contributed by atoms with E-state index < -0.39 is 10.0 Å². The molecule has 0 bridgehead atoms. The number of aryl methyl sites for hydroxylation is 2. The van der Waals surface area contributed by atoms with Crippen LogP contribution in [-0.2, 0) is 34.2 Å². The summed E-state index contributed by atoms with van der Waals surface area (Å²) in [4.78, 5) is 17.7. The monoisotopic (exact) mass is 495 g/mol. The number of carbonyl (C=O) groups excluding carboxylic acids is 1. The van der Waals surface area contributed by atoms with E-state index in [9.17, 15) is 13.2 Å². The molecule has 1 amide bonds. The molecule has 34 heavy (non-hydrogen) atoms. The summed E-state index contributed by atoms with van der Waals surface area (Å²) in [5.74, 6) is -0.206. The van der Waals surface area contributed by atoms with Crippen molar-refractivity contribution in [3.05, 3.63) is 70.7 Å². The van der Waals surface area contributed by atoms with E-state index in [1.807, 2.05) is 47.8 Å². The molecule has 2 aromatic carbocycles. The number of hydrogen-bond acceptors (Lipinski definition) is 5. The fourth-order valence-corrected chi connectivity index (χ4v) is 7.15. The van der Waals surface area contributed by atoms with Crippen molar-refractivity contribution in [1.29, 1.82) is 0 Å². The highest BCUT2D eigenvalue weighted by Crippen LogP contribution is 2.28. The second-order valence-electron chi connectivity index (χ2n) is 9.04. The number of thiazole rings is 1. The molecule has 2 aliphatic rings. The van der Waals surface area contributed by atoms with E-state index in [4.69, 9.17) is 0 Å². The van der Waals surface area contributed by atoms with Gasteiger partial charge in [-0.2, -0.15) is 4.31 Å². The molecule has 0 spiro atoms. The van der Waals surface area contributed by atoms with Crippen LogP contribution in [0.25, 0.3) is 10.6 Å². The maximum Gasteiger partial charge on any atom is 0.243 e. The van der Waals surface area contributed by atoms with Crippen molar-refractivity contribution in [2.45, 2.75) is 50.0 Å². The summed E-state index contributed by atoms with van der Waals surface area (Å²) < 4.78 is 27.9. The van der Waals surface area contributed by atoms with E-state index in [-0.39, 0.29) is 11.8 Å². The standard InChI is InChI=1S/C26H29N3O3S2/c30-25(27-17-23-18-33-26(28-23)21-7-2-1-3-8-21)20-12-14-29(15-13-20)34(31,32)24-11-10-19-6-4-5-9-22(19)16-24/h1-3,7-8,10-11,16,18,20H,4-6,9,12-15,17H2,(H,27,30). The SMILES string of the molecule is O=C(NCc1csc(-c2ccccc2)n1)C1CCN(S(=O)(=O)c2ccc3c(c2)CCCC3)CC1. The molecule has 1 aromatic heterocycles. The summed E-state index contributed by atoms with van der Waals surface area (Å²) in [6.07, 6.45) is 5.33. The predicted molar refractivity (Wildman–Crippen MR) is 134 cm³/mol. The molecule has 0 atom stereocenters. The smallest absolute Gasteiger partial charge is 0.243 e. The van der Waals surface area contributed by atoms with Gasteiger partial charge in [-0.3, -0.25) is 4.79 Å². The van der Waals surface area contributed by atoms with Gasteiger partial charge in [-0.15, -0.1) is 11.3 Å². The Morgan fingerprint density at radius 2 is 1.76 bits per heavy atom. The average molecular weight is 496 g/mol. The largest absolute Gasteiger partial charge is 0.350 e. The Labute approximate surface area is 205 Å². The number of carbonyl (C=O) groups is 1. The lowest BCUT2D eigenvalue weighted by Crippen LogP contribution is -2.42. The minimum Gasteiger partial charge on any atom is -0.350 e. The van der Waals surface area contributed by atoms with Crippen LogP contribution in [0.4, 0.5) is 0 Å². The minimum absolute atomic E-state index is 0.0277.